The molecule has 2 aliphatic heterocycles. The molecule has 0 saturated carbocycles. The average molecular weight is 461 g/mol. The molecule has 1 aliphatic carbocycles. The Balaban J connectivity index is 1.51. The van der Waals surface area contributed by atoms with E-state index in [0.717, 1.165) is 49.2 Å². The minimum Gasteiger partial charge on any atom is -0.493 e. The zero-order valence-electron chi connectivity index (χ0n) is 20.0. The fourth-order valence-corrected chi connectivity index (χ4v) is 5.63. The summed E-state index contributed by atoms with van der Waals surface area (Å²) in [7, 11) is 1.58. The second-order valence-corrected chi connectivity index (χ2v) is 9.72. The molecule has 6 heteroatoms. The number of hydrogen-bond donors (Lipinski definition) is 1. The molecular weight excluding hydrogens is 428 g/mol. The van der Waals surface area contributed by atoms with E-state index in [0.29, 0.717) is 23.3 Å². The molecule has 0 radical (unpaired) electrons. The number of ether oxygens (including phenoxy) is 2. The maximum Gasteiger partial charge on any atom is 0.308 e. The summed E-state index contributed by atoms with van der Waals surface area (Å²) >= 11 is 0. The van der Waals surface area contributed by atoms with Crippen molar-refractivity contribution in [3.63, 3.8) is 0 Å². The molecule has 0 bridgehead atoms. The number of piperidine rings is 1. The number of amides is 1. The van der Waals surface area contributed by atoms with Gasteiger partial charge in [0.15, 0.2) is 11.5 Å². The number of benzene rings is 2. The number of nitrogens with zero attached hydrogens (tertiary/aromatic N) is 1. The molecular formula is C28H32N2O4. The zero-order chi connectivity index (χ0) is 23.8. The van der Waals surface area contributed by atoms with Crippen LogP contribution in [0.4, 0.5) is 5.69 Å². The second kappa shape index (κ2) is 9.16. The van der Waals surface area contributed by atoms with E-state index in [2.05, 4.69) is 30.5 Å². The van der Waals surface area contributed by atoms with Gasteiger partial charge in [0.2, 0.25) is 0 Å². The summed E-state index contributed by atoms with van der Waals surface area (Å²) < 4.78 is 10.8. The van der Waals surface area contributed by atoms with Crippen molar-refractivity contribution in [2.24, 2.45) is 11.8 Å². The van der Waals surface area contributed by atoms with Gasteiger partial charge in [-0.2, -0.15) is 0 Å². The van der Waals surface area contributed by atoms with Gasteiger partial charge < -0.3 is 19.7 Å². The van der Waals surface area contributed by atoms with Gasteiger partial charge >= 0.3 is 5.97 Å². The first kappa shape index (κ1) is 22.5. The standard InChI is InChI=1S/C28H32N2O4/c1-17-12-14-30(15-13-17)28(32)23-9-5-8-22-20-6-4-7-21(20)26(29-27(22)23)19-10-11-24(34-18(2)31)25(16-19)33-3/h4-6,8-11,16-17,20-21,26,29H,7,12-15H2,1-3H3. The van der Waals surface area contributed by atoms with Crippen LogP contribution in [0.3, 0.4) is 0 Å². The number of carbonyl (C=O) groups is 2. The van der Waals surface area contributed by atoms with Gasteiger partial charge in [0, 0.05) is 25.9 Å². The quantitative estimate of drug-likeness (QED) is 0.380. The number of para-hydroxylation sites is 1. The van der Waals surface area contributed by atoms with Gasteiger partial charge in [-0.3, -0.25) is 9.59 Å². The molecule has 6 nitrogen and oxygen atoms in total. The number of carbonyl (C=O) groups excluding carboxylic acids is 2. The summed E-state index contributed by atoms with van der Waals surface area (Å²) in [5, 5.41) is 3.74. The molecule has 3 unspecified atom stereocenters. The van der Waals surface area contributed by atoms with Crippen molar-refractivity contribution in [3.05, 3.63) is 65.2 Å². The van der Waals surface area contributed by atoms with Crippen LogP contribution in [0, 0.1) is 11.8 Å². The van der Waals surface area contributed by atoms with Crippen LogP contribution in [0.2, 0.25) is 0 Å². The monoisotopic (exact) mass is 460 g/mol. The predicted octanol–water partition coefficient (Wildman–Crippen LogP) is 5.32. The molecule has 1 fully saturated rings. The van der Waals surface area contributed by atoms with E-state index in [-0.39, 0.29) is 23.8 Å². The maximum atomic E-state index is 13.6. The molecule has 5 rings (SSSR count). The van der Waals surface area contributed by atoms with Gasteiger partial charge in [-0.05, 0) is 60.4 Å². The first-order chi connectivity index (χ1) is 16.5. The number of hydrogen-bond acceptors (Lipinski definition) is 5. The minimum absolute atomic E-state index is 0.00288. The fourth-order valence-electron chi connectivity index (χ4n) is 5.63. The summed E-state index contributed by atoms with van der Waals surface area (Å²) in [6.45, 7) is 5.26. The number of fused-ring (bicyclic) bond motifs is 3. The summed E-state index contributed by atoms with van der Waals surface area (Å²) in [6.07, 6.45) is 7.58. The topological polar surface area (TPSA) is 67.9 Å². The Morgan fingerprint density at radius 3 is 2.62 bits per heavy atom. The van der Waals surface area contributed by atoms with Gasteiger partial charge in [-0.1, -0.05) is 37.3 Å². The number of nitrogens with one attached hydrogen (secondary N) is 1. The molecule has 2 aromatic carbocycles. The van der Waals surface area contributed by atoms with Crippen LogP contribution in [0.15, 0.2) is 48.6 Å². The van der Waals surface area contributed by atoms with E-state index < -0.39 is 0 Å². The Kier molecular flexibility index (Phi) is 6.07. The molecule has 3 atom stereocenters. The van der Waals surface area contributed by atoms with E-state index in [1.807, 2.05) is 29.2 Å². The van der Waals surface area contributed by atoms with Crippen molar-refractivity contribution in [2.45, 2.75) is 45.1 Å². The van der Waals surface area contributed by atoms with E-state index in [9.17, 15) is 9.59 Å². The third-order valence-electron chi connectivity index (χ3n) is 7.50. The van der Waals surface area contributed by atoms with Gasteiger partial charge in [0.05, 0.1) is 24.4 Å². The predicted molar refractivity (Wildman–Crippen MR) is 131 cm³/mol. The SMILES string of the molecule is COc1cc(C2Nc3c(C(=O)N4CCC(C)CC4)cccc3C3C=CCC32)ccc1OC(C)=O. The van der Waals surface area contributed by atoms with Crippen molar-refractivity contribution in [1.82, 2.24) is 4.90 Å². The first-order valence-corrected chi connectivity index (χ1v) is 12.2. The lowest BCUT2D eigenvalue weighted by Gasteiger charge is -2.39. The van der Waals surface area contributed by atoms with Crippen LogP contribution in [-0.4, -0.2) is 37.0 Å². The van der Waals surface area contributed by atoms with Gasteiger partial charge in [-0.15, -0.1) is 0 Å². The van der Waals surface area contributed by atoms with E-state index >= 15 is 0 Å². The van der Waals surface area contributed by atoms with Crippen molar-refractivity contribution in [2.75, 3.05) is 25.5 Å². The average Bonchev–Trinajstić information content (AvgIpc) is 3.33. The molecule has 0 spiro atoms. The lowest BCUT2D eigenvalue weighted by atomic mass is 9.76. The molecule has 0 aromatic heterocycles. The summed E-state index contributed by atoms with van der Waals surface area (Å²) in [4.78, 5) is 27.0. The molecule has 1 saturated heterocycles. The minimum atomic E-state index is -0.383. The Hall–Kier alpha value is -3.28. The zero-order valence-corrected chi connectivity index (χ0v) is 20.0. The van der Waals surface area contributed by atoms with Gasteiger partial charge in [-0.25, -0.2) is 0 Å². The molecule has 2 aromatic rings. The van der Waals surface area contributed by atoms with Crippen molar-refractivity contribution < 1.29 is 19.1 Å². The Labute approximate surface area is 200 Å². The highest BCUT2D eigenvalue weighted by Gasteiger charge is 2.40. The van der Waals surface area contributed by atoms with Crippen LogP contribution in [0.5, 0.6) is 11.5 Å². The number of likely N-dealkylation sites (tertiary alicyclic amines) is 1. The molecule has 3 aliphatic rings. The Bertz CT molecular complexity index is 1130. The second-order valence-electron chi connectivity index (χ2n) is 9.72. The van der Waals surface area contributed by atoms with Gasteiger partial charge in [0.1, 0.15) is 0 Å². The molecule has 1 amide bonds. The highest BCUT2D eigenvalue weighted by molar-refractivity contribution is 6.01. The molecule has 34 heavy (non-hydrogen) atoms. The molecule has 2 heterocycles. The van der Waals surface area contributed by atoms with Crippen LogP contribution < -0.4 is 14.8 Å². The fraction of sp³-hybridized carbons (Fsp3) is 0.429. The number of methoxy groups -OCH3 is 1. The highest BCUT2D eigenvalue weighted by Crippen LogP contribution is 2.51. The molecule has 178 valence electrons. The normalized spacial score (nSPS) is 23.6. The van der Waals surface area contributed by atoms with Crippen LogP contribution >= 0.6 is 0 Å². The number of anilines is 1. The van der Waals surface area contributed by atoms with Crippen molar-refractivity contribution >= 4 is 17.6 Å². The summed E-state index contributed by atoms with van der Waals surface area (Å²) in [5.74, 6) is 1.91. The van der Waals surface area contributed by atoms with E-state index in [4.69, 9.17) is 9.47 Å². The van der Waals surface area contributed by atoms with E-state index in [1.54, 1.807) is 13.2 Å². The van der Waals surface area contributed by atoms with Gasteiger partial charge in [0.25, 0.3) is 5.91 Å². The number of esters is 1. The lowest BCUT2D eigenvalue weighted by Crippen LogP contribution is -2.39. The lowest BCUT2D eigenvalue weighted by molar-refractivity contribution is -0.132. The van der Waals surface area contributed by atoms with Crippen LogP contribution in [0.25, 0.3) is 0 Å². The Morgan fingerprint density at radius 2 is 1.88 bits per heavy atom. The largest absolute Gasteiger partial charge is 0.493 e. The molecule has 1 N–H and O–H groups in total. The summed E-state index contributed by atoms with van der Waals surface area (Å²) in [5.41, 5.74) is 3.92. The summed E-state index contributed by atoms with van der Waals surface area (Å²) in [6, 6.07) is 11.8. The third-order valence-corrected chi connectivity index (χ3v) is 7.50. The van der Waals surface area contributed by atoms with Crippen molar-refractivity contribution in [3.8, 4) is 11.5 Å². The Morgan fingerprint density at radius 1 is 1.09 bits per heavy atom. The highest BCUT2D eigenvalue weighted by atomic mass is 16.6. The number of allylic oxidation sites excluding steroid dienone is 2. The van der Waals surface area contributed by atoms with Crippen LogP contribution in [0.1, 0.15) is 66.6 Å². The van der Waals surface area contributed by atoms with Crippen LogP contribution in [-0.2, 0) is 4.79 Å². The van der Waals surface area contributed by atoms with Crippen molar-refractivity contribution in [1.29, 1.82) is 0 Å². The smallest absolute Gasteiger partial charge is 0.308 e. The first-order valence-electron chi connectivity index (χ1n) is 12.2. The van der Waals surface area contributed by atoms with E-state index in [1.165, 1.54) is 12.5 Å². The maximum absolute atomic E-state index is 13.6. The third kappa shape index (κ3) is 4.06. The number of rotatable bonds is 4.